The lowest BCUT2D eigenvalue weighted by atomic mass is 10.2. The third-order valence-corrected chi connectivity index (χ3v) is 6.66. The van der Waals surface area contributed by atoms with Gasteiger partial charge in [-0.15, -0.1) is 11.3 Å². The van der Waals surface area contributed by atoms with Gasteiger partial charge in [0, 0.05) is 49.4 Å². The Hall–Kier alpha value is -2.98. The number of benzene rings is 1. The minimum atomic E-state index is -0.302. The summed E-state index contributed by atoms with van der Waals surface area (Å²) in [7, 11) is 0. The second kappa shape index (κ2) is 10.3. The predicted molar refractivity (Wildman–Crippen MR) is 121 cm³/mol. The highest BCUT2D eigenvalue weighted by atomic mass is 35.5. The molecule has 0 radical (unpaired) electrons. The molecule has 2 aromatic rings. The average molecular weight is 491 g/mol. The Kier molecular flexibility index (Phi) is 7.24. The van der Waals surface area contributed by atoms with E-state index in [2.05, 4.69) is 4.98 Å². The number of aromatic nitrogens is 1. The molecule has 0 N–H and O–H groups in total. The lowest BCUT2D eigenvalue weighted by molar-refractivity contribution is -0.147. The Morgan fingerprint density at radius 1 is 0.970 bits per heavy atom. The van der Waals surface area contributed by atoms with Crippen LogP contribution in [-0.2, 0) is 32.2 Å². The quantitative estimate of drug-likeness (QED) is 0.548. The second-order valence-electron chi connectivity index (χ2n) is 7.79. The van der Waals surface area contributed by atoms with Crippen molar-refractivity contribution < 1.29 is 23.9 Å². The molecule has 2 saturated heterocycles. The fraction of sp³-hybridized carbons (Fsp3) is 0.409. The van der Waals surface area contributed by atoms with Crippen LogP contribution < -0.4 is 4.74 Å². The molecule has 0 unspecified atom stereocenters. The van der Waals surface area contributed by atoms with Crippen molar-refractivity contribution in [1.29, 1.82) is 0 Å². The minimum Gasteiger partial charge on any atom is -0.486 e. The van der Waals surface area contributed by atoms with Crippen molar-refractivity contribution in [3.05, 3.63) is 45.4 Å². The molecule has 33 heavy (non-hydrogen) atoms. The van der Waals surface area contributed by atoms with Gasteiger partial charge >= 0.3 is 0 Å². The standard InChI is InChI=1S/C22H23ClN4O5S/c23-15-1-3-17(4-2-15)32-13-18-24-16(14-33-18)11-21(30)25-7-9-26(10-8-25)22(31)12-27-19(28)5-6-20(27)29/h1-4,14H,5-13H2. The van der Waals surface area contributed by atoms with E-state index in [4.69, 9.17) is 16.3 Å². The number of imide groups is 1. The number of piperazine rings is 1. The first kappa shape index (κ1) is 23.2. The Labute approximate surface area is 199 Å². The van der Waals surface area contributed by atoms with Gasteiger partial charge in [0.1, 0.15) is 23.9 Å². The monoisotopic (exact) mass is 490 g/mol. The van der Waals surface area contributed by atoms with E-state index in [9.17, 15) is 19.2 Å². The molecule has 4 amide bonds. The van der Waals surface area contributed by atoms with E-state index in [-0.39, 0.29) is 49.4 Å². The first-order valence-corrected chi connectivity index (χ1v) is 11.8. The largest absolute Gasteiger partial charge is 0.486 e. The SMILES string of the molecule is O=C(Cc1csc(COc2ccc(Cl)cc2)n1)N1CCN(C(=O)CN2C(=O)CCC2=O)CC1. The van der Waals surface area contributed by atoms with Gasteiger partial charge in [0.2, 0.25) is 23.6 Å². The van der Waals surface area contributed by atoms with Crippen LogP contribution in [0.4, 0.5) is 0 Å². The van der Waals surface area contributed by atoms with Crippen LogP contribution in [0.5, 0.6) is 5.75 Å². The fourth-order valence-corrected chi connectivity index (χ4v) is 4.51. The van der Waals surface area contributed by atoms with Crippen molar-refractivity contribution in [1.82, 2.24) is 19.7 Å². The summed E-state index contributed by atoms with van der Waals surface area (Å²) < 4.78 is 5.69. The van der Waals surface area contributed by atoms with Crippen molar-refractivity contribution in [3.63, 3.8) is 0 Å². The number of nitrogens with zero attached hydrogens (tertiary/aromatic N) is 4. The van der Waals surface area contributed by atoms with E-state index < -0.39 is 0 Å². The van der Waals surface area contributed by atoms with Crippen molar-refractivity contribution in [2.45, 2.75) is 25.9 Å². The summed E-state index contributed by atoms with van der Waals surface area (Å²) in [5.74, 6) is -0.233. The number of hydrogen-bond donors (Lipinski definition) is 0. The molecule has 174 valence electrons. The summed E-state index contributed by atoms with van der Waals surface area (Å²) in [5, 5.41) is 3.26. The molecule has 9 nitrogen and oxygen atoms in total. The van der Waals surface area contributed by atoms with Crippen molar-refractivity contribution in [3.8, 4) is 5.75 Å². The Morgan fingerprint density at radius 2 is 1.58 bits per heavy atom. The number of likely N-dealkylation sites (tertiary alicyclic amines) is 1. The average Bonchev–Trinajstić information content (AvgIpc) is 3.40. The second-order valence-corrected chi connectivity index (χ2v) is 9.17. The number of rotatable bonds is 7. The van der Waals surface area contributed by atoms with E-state index in [0.29, 0.717) is 49.3 Å². The van der Waals surface area contributed by atoms with Gasteiger partial charge in [0.15, 0.2) is 0 Å². The van der Waals surface area contributed by atoms with E-state index in [1.807, 2.05) is 5.38 Å². The predicted octanol–water partition coefficient (Wildman–Crippen LogP) is 1.74. The van der Waals surface area contributed by atoms with Crippen LogP contribution in [-0.4, -0.2) is 76.0 Å². The van der Waals surface area contributed by atoms with Gasteiger partial charge in [0.25, 0.3) is 0 Å². The number of ether oxygens (including phenoxy) is 1. The Morgan fingerprint density at radius 3 is 2.21 bits per heavy atom. The summed E-state index contributed by atoms with van der Waals surface area (Å²) in [4.78, 5) is 57.3. The highest BCUT2D eigenvalue weighted by molar-refractivity contribution is 7.09. The zero-order chi connectivity index (χ0) is 23.4. The maximum Gasteiger partial charge on any atom is 0.242 e. The molecule has 2 fully saturated rings. The van der Waals surface area contributed by atoms with Crippen LogP contribution in [0.1, 0.15) is 23.5 Å². The minimum absolute atomic E-state index is 0.0533. The molecule has 2 aliphatic rings. The fourth-order valence-electron chi connectivity index (χ4n) is 3.68. The van der Waals surface area contributed by atoms with E-state index in [1.165, 1.54) is 11.3 Å². The zero-order valence-electron chi connectivity index (χ0n) is 17.9. The third-order valence-electron chi connectivity index (χ3n) is 5.54. The van der Waals surface area contributed by atoms with Gasteiger partial charge in [-0.2, -0.15) is 0 Å². The summed E-state index contributed by atoms with van der Waals surface area (Å²) >= 11 is 7.30. The van der Waals surface area contributed by atoms with Crippen LogP contribution in [0.25, 0.3) is 0 Å². The van der Waals surface area contributed by atoms with Crippen LogP contribution in [0.15, 0.2) is 29.6 Å². The van der Waals surface area contributed by atoms with Gasteiger partial charge in [-0.1, -0.05) is 11.6 Å². The highest BCUT2D eigenvalue weighted by Gasteiger charge is 2.33. The summed E-state index contributed by atoms with van der Waals surface area (Å²) in [6.07, 6.45) is 0.516. The molecule has 2 aliphatic heterocycles. The number of carbonyl (C=O) groups is 4. The molecular formula is C22H23ClN4O5S. The summed E-state index contributed by atoms with van der Waals surface area (Å²) in [5.41, 5.74) is 0.685. The van der Waals surface area contributed by atoms with Gasteiger partial charge < -0.3 is 14.5 Å². The Balaban J connectivity index is 1.21. The maximum atomic E-state index is 12.7. The van der Waals surface area contributed by atoms with Gasteiger partial charge in [-0.25, -0.2) is 4.98 Å². The van der Waals surface area contributed by atoms with Gasteiger partial charge in [-0.3, -0.25) is 24.1 Å². The first-order chi connectivity index (χ1) is 15.9. The lowest BCUT2D eigenvalue weighted by Gasteiger charge is -2.35. The number of amides is 4. The highest BCUT2D eigenvalue weighted by Crippen LogP contribution is 2.19. The number of halogens is 1. The topological polar surface area (TPSA) is 100 Å². The van der Waals surface area contributed by atoms with Crippen LogP contribution in [0, 0.1) is 0 Å². The molecule has 0 aliphatic carbocycles. The molecule has 0 bridgehead atoms. The number of carbonyl (C=O) groups excluding carboxylic acids is 4. The molecule has 0 saturated carbocycles. The van der Waals surface area contributed by atoms with Gasteiger partial charge in [-0.05, 0) is 24.3 Å². The van der Waals surface area contributed by atoms with Crippen LogP contribution in [0.3, 0.4) is 0 Å². The molecule has 0 atom stereocenters. The van der Waals surface area contributed by atoms with Gasteiger partial charge in [0.05, 0.1) is 12.1 Å². The molecule has 1 aromatic carbocycles. The molecule has 1 aromatic heterocycles. The number of thiazole rings is 1. The molecular weight excluding hydrogens is 468 g/mol. The lowest BCUT2D eigenvalue weighted by Crippen LogP contribution is -2.53. The van der Waals surface area contributed by atoms with Crippen molar-refractivity contribution in [2.24, 2.45) is 0 Å². The molecule has 0 spiro atoms. The third kappa shape index (κ3) is 5.88. The molecule has 4 rings (SSSR count). The first-order valence-electron chi connectivity index (χ1n) is 10.6. The van der Waals surface area contributed by atoms with E-state index in [0.717, 1.165) is 9.91 Å². The maximum absolute atomic E-state index is 12.7. The van der Waals surface area contributed by atoms with Crippen LogP contribution in [0.2, 0.25) is 5.02 Å². The van der Waals surface area contributed by atoms with E-state index >= 15 is 0 Å². The van der Waals surface area contributed by atoms with Crippen LogP contribution >= 0.6 is 22.9 Å². The Bertz CT molecular complexity index is 1030. The number of hydrogen-bond acceptors (Lipinski definition) is 7. The smallest absolute Gasteiger partial charge is 0.242 e. The van der Waals surface area contributed by atoms with Crippen molar-refractivity contribution in [2.75, 3.05) is 32.7 Å². The van der Waals surface area contributed by atoms with E-state index in [1.54, 1.807) is 34.1 Å². The van der Waals surface area contributed by atoms with Crippen molar-refractivity contribution >= 4 is 46.6 Å². The summed E-state index contributed by atoms with van der Waals surface area (Å²) in [6.45, 7) is 1.65. The summed E-state index contributed by atoms with van der Waals surface area (Å²) in [6, 6.07) is 7.07. The molecule has 3 heterocycles. The molecule has 11 heteroatoms. The normalized spacial score (nSPS) is 16.5. The zero-order valence-corrected chi connectivity index (χ0v) is 19.4.